The van der Waals surface area contributed by atoms with E-state index in [-0.39, 0.29) is 5.88 Å². The molecule has 4 rings (SSSR count). The normalized spacial score (nSPS) is 11.9. The number of H-pyrrole nitrogens is 1. The molecular formula is C16H13N5OS. The summed E-state index contributed by atoms with van der Waals surface area (Å²) < 4.78 is 0. The van der Waals surface area contributed by atoms with E-state index in [0.717, 1.165) is 32.2 Å². The molecule has 114 valence electrons. The number of benzene rings is 1. The lowest BCUT2D eigenvalue weighted by Crippen LogP contribution is -1.79. The third kappa shape index (κ3) is 2.25. The number of aromatic nitrogens is 3. The molecule has 1 aromatic carbocycles. The summed E-state index contributed by atoms with van der Waals surface area (Å²) in [4.78, 5) is 12.2. The molecule has 0 bridgehead atoms. The number of aromatic hydroxyl groups is 1. The lowest BCUT2D eigenvalue weighted by Gasteiger charge is -1.99. The van der Waals surface area contributed by atoms with Crippen LogP contribution in [-0.2, 0) is 0 Å². The summed E-state index contributed by atoms with van der Waals surface area (Å²) in [6, 6.07) is 5.95. The van der Waals surface area contributed by atoms with Gasteiger partial charge in [0.05, 0.1) is 10.9 Å². The Balaban J connectivity index is 1.87. The monoisotopic (exact) mass is 323 g/mol. The molecule has 2 N–H and O–H groups in total. The first-order chi connectivity index (χ1) is 11.1. The summed E-state index contributed by atoms with van der Waals surface area (Å²) in [6.45, 7) is 4.00. The minimum atomic E-state index is 0.00747. The number of aromatic amines is 1. The minimum absolute atomic E-state index is 0.00747. The van der Waals surface area contributed by atoms with Crippen LogP contribution in [0.4, 0.5) is 11.5 Å². The van der Waals surface area contributed by atoms with Gasteiger partial charge < -0.3 is 10.1 Å². The Morgan fingerprint density at radius 2 is 2.00 bits per heavy atom. The number of rotatable bonds is 2. The van der Waals surface area contributed by atoms with Crippen molar-refractivity contribution in [2.75, 3.05) is 0 Å². The Hall–Kier alpha value is -2.80. The minimum Gasteiger partial charge on any atom is -0.493 e. The second-order valence-electron chi connectivity index (χ2n) is 5.36. The van der Waals surface area contributed by atoms with Crippen LogP contribution in [0.25, 0.3) is 21.1 Å². The fraction of sp³-hybridized carbons (Fsp3) is 0.125. The summed E-state index contributed by atoms with van der Waals surface area (Å²) in [5, 5.41) is 22.3. The third-order valence-corrected chi connectivity index (χ3v) is 4.51. The highest BCUT2D eigenvalue weighted by Crippen LogP contribution is 2.38. The van der Waals surface area contributed by atoms with Gasteiger partial charge in [-0.3, -0.25) is 0 Å². The Morgan fingerprint density at radius 3 is 2.87 bits per heavy atom. The van der Waals surface area contributed by atoms with E-state index >= 15 is 0 Å². The number of thiophene rings is 1. The number of nitrogens with one attached hydrogen (secondary N) is 1. The number of hydrogen-bond acceptors (Lipinski definition) is 6. The summed E-state index contributed by atoms with van der Waals surface area (Å²) in [7, 11) is 0. The predicted molar refractivity (Wildman–Crippen MR) is 91.0 cm³/mol. The van der Waals surface area contributed by atoms with Gasteiger partial charge in [-0.15, -0.1) is 21.6 Å². The van der Waals surface area contributed by atoms with E-state index in [1.165, 1.54) is 17.7 Å². The van der Waals surface area contributed by atoms with E-state index in [1.54, 1.807) is 0 Å². The Kier molecular flexibility index (Phi) is 3.09. The van der Waals surface area contributed by atoms with Gasteiger partial charge in [0.25, 0.3) is 0 Å². The van der Waals surface area contributed by atoms with Crippen LogP contribution in [0.5, 0.6) is 5.88 Å². The molecule has 6 nitrogen and oxygen atoms in total. The van der Waals surface area contributed by atoms with Crippen LogP contribution in [0.2, 0.25) is 0 Å². The fourth-order valence-electron chi connectivity index (χ4n) is 2.68. The lowest BCUT2D eigenvalue weighted by atomic mass is 10.1. The van der Waals surface area contributed by atoms with Crippen molar-refractivity contribution in [2.45, 2.75) is 13.8 Å². The third-order valence-electron chi connectivity index (χ3n) is 3.69. The van der Waals surface area contributed by atoms with Gasteiger partial charge in [-0.1, -0.05) is 11.6 Å². The Bertz CT molecular complexity index is 1060. The molecule has 7 heteroatoms. The van der Waals surface area contributed by atoms with Gasteiger partial charge in [-0.05, 0) is 36.9 Å². The van der Waals surface area contributed by atoms with E-state index < -0.39 is 0 Å². The number of fused-ring (bicyclic) bond motifs is 2. The van der Waals surface area contributed by atoms with Crippen molar-refractivity contribution in [2.24, 2.45) is 10.2 Å². The topological polar surface area (TPSA) is 86.5 Å². The van der Waals surface area contributed by atoms with E-state index in [4.69, 9.17) is 0 Å². The summed E-state index contributed by atoms with van der Waals surface area (Å²) in [6.07, 6.45) is 1.47. The highest BCUT2D eigenvalue weighted by molar-refractivity contribution is 7.16. The average Bonchev–Trinajstić information content (AvgIpc) is 3.10. The molecule has 0 aliphatic carbocycles. The molecule has 0 fully saturated rings. The maximum Gasteiger partial charge on any atom is 0.218 e. The van der Waals surface area contributed by atoms with Crippen LogP contribution in [0, 0.1) is 13.8 Å². The van der Waals surface area contributed by atoms with Crippen LogP contribution in [-0.4, -0.2) is 20.1 Å². The molecule has 0 spiro atoms. The quantitative estimate of drug-likeness (QED) is 0.514. The number of aryl methyl sites for hydroxylation is 2. The van der Waals surface area contributed by atoms with Gasteiger partial charge >= 0.3 is 0 Å². The van der Waals surface area contributed by atoms with Gasteiger partial charge in [0.2, 0.25) is 5.88 Å². The number of azo groups is 1. The molecule has 4 aromatic rings. The highest BCUT2D eigenvalue weighted by Gasteiger charge is 2.13. The first kappa shape index (κ1) is 13.8. The van der Waals surface area contributed by atoms with Crippen molar-refractivity contribution in [3.63, 3.8) is 0 Å². The first-order valence-corrected chi connectivity index (χ1v) is 7.93. The molecule has 0 unspecified atom stereocenters. The fourth-order valence-corrected chi connectivity index (χ4v) is 3.41. The molecule has 3 heterocycles. The standard InChI is InChI=1S/C16H13N5OS/c1-8-5-9(2)12-11(6-8)13(15(22)19-12)20-21-14-10-3-4-23-16(10)18-7-17-14/h3-7,19,22H,1-2H3. The maximum atomic E-state index is 10.2. The Morgan fingerprint density at radius 1 is 1.13 bits per heavy atom. The molecule has 0 radical (unpaired) electrons. The largest absolute Gasteiger partial charge is 0.493 e. The lowest BCUT2D eigenvalue weighted by molar-refractivity contribution is 0.459. The van der Waals surface area contributed by atoms with Crippen LogP contribution in [0.1, 0.15) is 11.1 Å². The maximum absolute atomic E-state index is 10.2. The van der Waals surface area contributed by atoms with Crippen molar-refractivity contribution < 1.29 is 5.11 Å². The van der Waals surface area contributed by atoms with Crippen molar-refractivity contribution in [3.8, 4) is 5.88 Å². The van der Waals surface area contributed by atoms with E-state index in [1.807, 2.05) is 31.4 Å². The van der Waals surface area contributed by atoms with Crippen molar-refractivity contribution in [1.29, 1.82) is 0 Å². The van der Waals surface area contributed by atoms with Crippen LogP contribution in [0.3, 0.4) is 0 Å². The van der Waals surface area contributed by atoms with Crippen LogP contribution < -0.4 is 0 Å². The molecule has 0 saturated carbocycles. The zero-order chi connectivity index (χ0) is 16.0. The average molecular weight is 323 g/mol. The molecule has 3 aromatic heterocycles. The zero-order valence-corrected chi connectivity index (χ0v) is 13.3. The second-order valence-corrected chi connectivity index (χ2v) is 6.26. The summed E-state index contributed by atoms with van der Waals surface area (Å²) in [5.74, 6) is 0.502. The highest BCUT2D eigenvalue weighted by atomic mass is 32.1. The zero-order valence-electron chi connectivity index (χ0n) is 12.5. The molecular weight excluding hydrogens is 310 g/mol. The first-order valence-electron chi connectivity index (χ1n) is 7.05. The molecule has 0 amide bonds. The second kappa shape index (κ2) is 5.13. The van der Waals surface area contributed by atoms with E-state index in [9.17, 15) is 5.11 Å². The predicted octanol–water partition coefficient (Wildman–Crippen LogP) is 4.91. The molecule has 0 saturated heterocycles. The van der Waals surface area contributed by atoms with Crippen molar-refractivity contribution in [1.82, 2.24) is 15.0 Å². The smallest absolute Gasteiger partial charge is 0.218 e. The van der Waals surface area contributed by atoms with Crippen molar-refractivity contribution in [3.05, 3.63) is 41.0 Å². The number of hydrogen-bond donors (Lipinski definition) is 2. The molecule has 0 atom stereocenters. The van der Waals surface area contributed by atoms with Gasteiger partial charge in [0.1, 0.15) is 11.2 Å². The van der Waals surface area contributed by atoms with Gasteiger partial charge in [0, 0.05) is 5.39 Å². The summed E-state index contributed by atoms with van der Waals surface area (Å²) in [5.41, 5.74) is 3.45. The molecule has 0 aliphatic heterocycles. The SMILES string of the molecule is Cc1cc(C)c2[nH]c(O)c(N=Nc3ncnc4sccc34)c2c1. The van der Waals surface area contributed by atoms with Gasteiger partial charge in [-0.2, -0.15) is 0 Å². The Labute approximate surface area is 135 Å². The van der Waals surface area contributed by atoms with E-state index in [0.29, 0.717) is 11.5 Å². The van der Waals surface area contributed by atoms with Crippen molar-refractivity contribution >= 4 is 44.0 Å². The van der Waals surface area contributed by atoms with Crippen LogP contribution >= 0.6 is 11.3 Å². The van der Waals surface area contributed by atoms with Gasteiger partial charge in [-0.25, -0.2) is 9.97 Å². The molecule has 0 aliphatic rings. The van der Waals surface area contributed by atoms with E-state index in [2.05, 4.69) is 31.2 Å². The number of nitrogens with zero attached hydrogens (tertiary/aromatic N) is 4. The summed E-state index contributed by atoms with van der Waals surface area (Å²) >= 11 is 1.53. The van der Waals surface area contributed by atoms with Gasteiger partial charge in [0.15, 0.2) is 11.5 Å². The van der Waals surface area contributed by atoms with Crippen LogP contribution in [0.15, 0.2) is 40.1 Å². The molecule has 23 heavy (non-hydrogen) atoms.